The van der Waals surface area contributed by atoms with Crippen LogP contribution in [0.4, 0.5) is 0 Å². The quantitative estimate of drug-likeness (QED) is 0.740. The molecular formula is C10H17NS. The SMILES string of the molecule is CC[C@@H](C)NCCc1cccs1. The molecule has 0 amide bonds. The molecule has 0 unspecified atom stereocenters. The highest BCUT2D eigenvalue weighted by Crippen LogP contribution is 2.08. The van der Waals surface area contributed by atoms with Gasteiger partial charge >= 0.3 is 0 Å². The van der Waals surface area contributed by atoms with Crippen molar-refractivity contribution >= 4 is 11.3 Å². The standard InChI is InChI=1S/C10H17NS/c1-3-9(2)11-7-6-10-5-4-8-12-10/h4-5,8-9,11H,3,6-7H2,1-2H3/t9-/m1/s1. The van der Waals surface area contributed by atoms with E-state index in [-0.39, 0.29) is 0 Å². The fourth-order valence-electron chi connectivity index (χ4n) is 1.04. The predicted octanol–water partition coefficient (Wildman–Crippen LogP) is 2.68. The molecule has 1 atom stereocenters. The molecule has 0 aromatic carbocycles. The molecule has 12 heavy (non-hydrogen) atoms. The maximum Gasteiger partial charge on any atom is 0.00578 e. The zero-order valence-corrected chi connectivity index (χ0v) is 8.66. The van der Waals surface area contributed by atoms with Gasteiger partial charge in [-0.25, -0.2) is 0 Å². The van der Waals surface area contributed by atoms with Crippen molar-refractivity contribution in [3.63, 3.8) is 0 Å². The lowest BCUT2D eigenvalue weighted by Crippen LogP contribution is -2.26. The highest BCUT2D eigenvalue weighted by atomic mass is 32.1. The van der Waals surface area contributed by atoms with Gasteiger partial charge in [-0.2, -0.15) is 0 Å². The first-order valence-electron chi connectivity index (χ1n) is 4.58. The summed E-state index contributed by atoms with van der Waals surface area (Å²) in [5, 5.41) is 5.61. The Bertz CT molecular complexity index is 194. The maximum atomic E-state index is 3.48. The normalized spacial score (nSPS) is 13.2. The zero-order chi connectivity index (χ0) is 8.81. The Hall–Kier alpha value is -0.340. The topological polar surface area (TPSA) is 12.0 Å². The molecular weight excluding hydrogens is 166 g/mol. The van der Waals surface area contributed by atoms with Crippen molar-refractivity contribution in [3.8, 4) is 0 Å². The Morgan fingerprint density at radius 1 is 1.58 bits per heavy atom. The Morgan fingerprint density at radius 3 is 3.00 bits per heavy atom. The van der Waals surface area contributed by atoms with Crippen LogP contribution in [0.5, 0.6) is 0 Å². The number of hydrogen-bond donors (Lipinski definition) is 1. The van der Waals surface area contributed by atoms with Gasteiger partial charge in [0.25, 0.3) is 0 Å². The van der Waals surface area contributed by atoms with Crippen molar-refractivity contribution in [2.24, 2.45) is 0 Å². The van der Waals surface area contributed by atoms with Crippen LogP contribution in [-0.2, 0) is 6.42 Å². The first-order chi connectivity index (χ1) is 5.83. The number of thiophene rings is 1. The van der Waals surface area contributed by atoms with Gasteiger partial charge in [0.1, 0.15) is 0 Å². The molecule has 2 heteroatoms. The molecule has 0 aliphatic carbocycles. The van der Waals surface area contributed by atoms with Crippen molar-refractivity contribution in [3.05, 3.63) is 22.4 Å². The van der Waals surface area contributed by atoms with E-state index >= 15 is 0 Å². The number of rotatable bonds is 5. The van der Waals surface area contributed by atoms with E-state index in [9.17, 15) is 0 Å². The molecule has 0 aliphatic heterocycles. The third-order valence-corrected chi connectivity index (χ3v) is 2.99. The monoisotopic (exact) mass is 183 g/mol. The van der Waals surface area contributed by atoms with Gasteiger partial charge in [-0.1, -0.05) is 13.0 Å². The van der Waals surface area contributed by atoms with E-state index in [1.807, 2.05) is 11.3 Å². The Balaban J connectivity index is 2.11. The van der Waals surface area contributed by atoms with Gasteiger partial charge in [0.05, 0.1) is 0 Å². The van der Waals surface area contributed by atoms with Crippen LogP contribution in [-0.4, -0.2) is 12.6 Å². The summed E-state index contributed by atoms with van der Waals surface area (Å²) in [4.78, 5) is 1.48. The summed E-state index contributed by atoms with van der Waals surface area (Å²) < 4.78 is 0. The van der Waals surface area contributed by atoms with Crippen LogP contribution in [0.25, 0.3) is 0 Å². The van der Waals surface area contributed by atoms with E-state index in [0.29, 0.717) is 6.04 Å². The molecule has 0 fully saturated rings. The summed E-state index contributed by atoms with van der Waals surface area (Å²) in [6.45, 7) is 5.55. The van der Waals surface area contributed by atoms with E-state index in [2.05, 4.69) is 36.7 Å². The average molecular weight is 183 g/mol. The van der Waals surface area contributed by atoms with Crippen LogP contribution in [0.15, 0.2) is 17.5 Å². The second-order valence-corrected chi connectivity index (χ2v) is 4.13. The summed E-state index contributed by atoms with van der Waals surface area (Å²) in [5.74, 6) is 0. The fraction of sp³-hybridized carbons (Fsp3) is 0.600. The fourth-order valence-corrected chi connectivity index (χ4v) is 1.75. The van der Waals surface area contributed by atoms with Crippen molar-refractivity contribution in [2.45, 2.75) is 32.7 Å². The highest BCUT2D eigenvalue weighted by Gasteiger charge is 1.97. The van der Waals surface area contributed by atoms with Crippen LogP contribution in [0.1, 0.15) is 25.1 Å². The maximum absolute atomic E-state index is 3.48. The molecule has 0 spiro atoms. The Kier molecular flexibility index (Phi) is 4.33. The van der Waals surface area contributed by atoms with Crippen LogP contribution in [0.2, 0.25) is 0 Å². The van der Waals surface area contributed by atoms with Crippen LogP contribution < -0.4 is 5.32 Å². The van der Waals surface area contributed by atoms with Crippen molar-refractivity contribution < 1.29 is 0 Å². The molecule has 1 aromatic rings. The highest BCUT2D eigenvalue weighted by molar-refractivity contribution is 7.09. The lowest BCUT2D eigenvalue weighted by molar-refractivity contribution is 0.538. The van der Waals surface area contributed by atoms with Gasteiger partial charge < -0.3 is 5.32 Å². The smallest absolute Gasteiger partial charge is 0.00578 e. The number of hydrogen-bond acceptors (Lipinski definition) is 2. The molecule has 1 nitrogen and oxygen atoms in total. The van der Waals surface area contributed by atoms with E-state index in [0.717, 1.165) is 6.54 Å². The van der Waals surface area contributed by atoms with E-state index < -0.39 is 0 Å². The summed E-state index contributed by atoms with van der Waals surface area (Å²) in [5.41, 5.74) is 0. The molecule has 0 aliphatic rings. The molecule has 1 rings (SSSR count). The molecule has 0 saturated carbocycles. The van der Waals surface area contributed by atoms with Gasteiger partial charge in [0.15, 0.2) is 0 Å². The third-order valence-electron chi connectivity index (χ3n) is 2.06. The Labute approximate surface area is 78.8 Å². The summed E-state index contributed by atoms with van der Waals surface area (Å²) in [7, 11) is 0. The van der Waals surface area contributed by atoms with Gasteiger partial charge in [-0.3, -0.25) is 0 Å². The largest absolute Gasteiger partial charge is 0.314 e. The van der Waals surface area contributed by atoms with Crippen molar-refractivity contribution in [2.75, 3.05) is 6.54 Å². The molecule has 1 N–H and O–H groups in total. The molecule has 1 aromatic heterocycles. The van der Waals surface area contributed by atoms with Gasteiger partial charge in [0, 0.05) is 17.5 Å². The summed E-state index contributed by atoms with van der Waals surface area (Å²) in [6.07, 6.45) is 2.38. The lowest BCUT2D eigenvalue weighted by atomic mass is 10.2. The average Bonchev–Trinajstić information content (AvgIpc) is 2.57. The zero-order valence-electron chi connectivity index (χ0n) is 7.84. The van der Waals surface area contributed by atoms with Gasteiger partial charge in [0.2, 0.25) is 0 Å². The molecule has 0 bridgehead atoms. The van der Waals surface area contributed by atoms with E-state index in [1.54, 1.807) is 0 Å². The first kappa shape index (κ1) is 9.75. The summed E-state index contributed by atoms with van der Waals surface area (Å²) in [6, 6.07) is 4.97. The number of nitrogens with one attached hydrogen (secondary N) is 1. The molecule has 1 heterocycles. The minimum atomic E-state index is 0.657. The lowest BCUT2D eigenvalue weighted by Gasteiger charge is -2.09. The minimum Gasteiger partial charge on any atom is -0.314 e. The second kappa shape index (κ2) is 5.33. The van der Waals surface area contributed by atoms with E-state index in [1.165, 1.54) is 17.7 Å². The third kappa shape index (κ3) is 3.37. The molecule has 0 saturated heterocycles. The first-order valence-corrected chi connectivity index (χ1v) is 5.46. The predicted molar refractivity (Wildman–Crippen MR) is 55.8 cm³/mol. The van der Waals surface area contributed by atoms with Gasteiger partial charge in [-0.05, 0) is 31.2 Å². The molecule has 0 radical (unpaired) electrons. The van der Waals surface area contributed by atoms with E-state index in [4.69, 9.17) is 0 Å². The molecule has 68 valence electrons. The second-order valence-electron chi connectivity index (χ2n) is 3.09. The minimum absolute atomic E-state index is 0.657. The van der Waals surface area contributed by atoms with Crippen LogP contribution >= 0.6 is 11.3 Å². The van der Waals surface area contributed by atoms with Crippen LogP contribution in [0, 0.1) is 0 Å². The van der Waals surface area contributed by atoms with Gasteiger partial charge in [-0.15, -0.1) is 11.3 Å². The van der Waals surface area contributed by atoms with Crippen molar-refractivity contribution in [1.29, 1.82) is 0 Å². The Morgan fingerprint density at radius 2 is 2.42 bits per heavy atom. The summed E-state index contributed by atoms with van der Waals surface area (Å²) >= 11 is 1.84. The van der Waals surface area contributed by atoms with Crippen LogP contribution in [0.3, 0.4) is 0 Å². The van der Waals surface area contributed by atoms with Crippen molar-refractivity contribution in [1.82, 2.24) is 5.32 Å².